The zero-order valence-corrected chi connectivity index (χ0v) is 33.3. The molecule has 0 radical (unpaired) electrons. The fourth-order valence-corrected chi connectivity index (χ4v) is 12.1. The summed E-state index contributed by atoms with van der Waals surface area (Å²) in [6.45, 7) is 9.30. The van der Waals surface area contributed by atoms with Gasteiger partial charge in [0.05, 0.1) is 22.4 Å². The molecule has 0 unspecified atom stereocenters. The van der Waals surface area contributed by atoms with Gasteiger partial charge < -0.3 is 9.13 Å². The molecule has 0 bridgehead atoms. The molecule has 2 heteroatoms. The second-order valence-electron chi connectivity index (χ2n) is 17.5. The molecule has 2 heterocycles. The minimum atomic E-state index is 1.00. The third-order valence-corrected chi connectivity index (χ3v) is 14.9. The van der Waals surface area contributed by atoms with Gasteiger partial charge in [-0.1, -0.05) is 97.1 Å². The van der Waals surface area contributed by atoms with E-state index in [0.717, 1.165) is 25.7 Å². The molecule has 0 saturated carbocycles. The van der Waals surface area contributed by atoms with Crippen molar-refractivity contribution in [3.8, 4) is 11.4 Å². The first kappa shape index (κ1) is 31.4. The van der Waals surface area contributed by atoms with E-state index in [1.54, 1.807) is 0 Å². The Labute approximate surface area is 336 Å². The molecule has 0 saturated heterocycles. The van der Waals surface area contributed by atoms with Crippen molar-refractivity contribution >= 4 is 99.0 Å². The normalized spacial score (nSPS) is 15.4. The molecule has 0 aliphatic heterocycles. The Balaban J connectivity index is 1.07. The fraction of sp³-hybridized carbons (Fsp3) is 0.143. The molecular formula is C56H40N2. The zero-order valence-electron chi connectivity index (χ0n) is 33.3. The van der Waals surface area contributed by atoms with Crippen LogP contribution in [0.2, 0.25) is 0 Å². The molecule has 0 spiro atoms. The molecule has 10 aromatic rings. The second kappa shape index (κ2) is 10.6. The zero-order chi connectivity index (χ0) is 38.3. The highest BCUT2D eigenvalue weighted by Gasteiger charge is 2.28. The van der Waals surface area contributed by atoms with Gasteiger partial charge in [-0.25, -0.2) is 0 Å². The summed E-state index contributed by atoms with van der Waals surface area (Å²) in [6.07, 6.45) is 18.3. The molecular weight excluding hydrogens is 701 g/mol. The van der Waals surface area contributed by atoms with Crippen LogP contribution in [-0.4, -0.2) is 9.13 Å². The van der Waals surface area contributed by atoms with Crippen molar-refractivity contribution in [2.24, 2.45) is 0 Å². The number of rotatable bonds is 2. The van der Waals surface area contributed by atoms with Gasteiger partial charge in [0.2, 0.25) is 0 Å². The van der Waals surface area contributed by atoms with Crippen LogP contribution in [0.4, 0.5) is 0 Å². The SMILES string of the molecule is Cc1c(C)n(-c2ccc3ccc4c(-n5c(C)c(C)c6cc7c8c9c(ccc8c65)C=CCC9=CC7)ccc5ccc2c3c54)c2c1cc1c3c4c(ccc32)C=CCC4=CC1. The predicted molar refractivity (Wildman–Crippen MR) is 248 cm³/mol. The third kappa shape index (κ3) is 3.67. The summed E-state index contributed by atoms with van der Waals surface area (Å²) < 4.78 is 5.19. The summed E-state index contributed by atoms with van der Waals surface area (Å²) in [7, 11) is 0. The Morgan fingerprint density at radius 1 is 0.414 bits per heavy atom. The number of benzene rings is 8. The van der Waals surface area contributed by atoms with E-state index < -0.39 is 0 Å². The van der Waals surface area contributed by atoms with Crippen LogP contribution in [0.1, 0.15) is 68.7 Å². The lowest BCUT2D eigenvalue weighted by atomic mass is 9.81. The average Bonchev–Trinajstić information content (AvgIpc) is 3.66. The van der Waals surface area contributed by atoms with E-state index in [2.05, 4.69) is 158 Å². The van der Waals surface area contributed by atoms with E-state index in [0.29, 0.717) is 0 Å². The highest BCUT2D eigenvalue weighted by atomic mass is 15.0. The van der Waals surface area contributed by atoms with E-state index in [-0.39, 0.29) is 0 Å². The minimum Gasteiger partial charge on any atom is -0.312 e. The lowest BCUT2D eigenvalue weighted by Crippen LogP contribution is -2.05. The highest BCUT2D eigenvalue weighted by Crippen LogP contribution is 2.49. The first-order valence-corrected chi connectivity index (χ1v) is 21.1. The Kier molecular flexibility index (Phi) is 5.77. The number of aryl methyl sites for hydroxylation is 2. The highest BCUT2D eigenvalue weighted by molar-refractivity contribution is 6.27. The Morgan fingerprint density at radius 2 is 0.845 bits per heavy atom. The number of fused-ring (bicyclic) bond motifs is 4. The number of nitrogens with zero attached hydrogens (tertiary/aromatic N) is 2. The lowest BCUT2D eigenvalue weighted by molar-refractivity contribution is 1.05. The van der Waals surface area contributed by atoms with Crippen LogP contribution in [-0.2, 0) is 12.8 Å². The first-order valence-electron chi connectivity index (χ1n) is 21.1. The summed E-state index contributed by atoms with van der Waals surface area (Å²) in [5.41, 5.74) is 22.0. The molecule has 0 atom stereocenters. The van der Waals surface area contributed by atoms with Crippen LogP contribution in [0.25, 0.3) is 110 Å². The van der Waals surface area contributed by atoms with Crippen molar-refractivity contribution < 1.29 is 0 Å². The Morgan fingerprint density at radius 3 is 1.31 bits per heavy atom. The molecule has 0 fully saturated rings. The van der Waals surface area contributed by atoms with E-state index in [4.69, 9.17) is 0 Å². The van der Waals surface area contributed by atoms with Gasteiger partial charge in [-0.05, 0) is 166 Å². The summed E-state index contributed by atoms with van der Waals surface area (Å²) >= 11 is 0. The van der Waals surface area contributed by atoms with Gasteiger partial charge in [-0.15, -0.1) is 0 Å². The van der Waals surface area contributed by atoms with Crippen LogP contribution in [0, 0.1) is 27.7 Å². The third-order valence-electron chi connectivity index (χ3n) is 14.9. The Hall–Kier alpha value is -6.64. The molecule has 0 amide bonds. The molecule has 8 aromatic carbocycles. The summed E-state index contributed by atoms with van der Waals surface area (Å²) in [4.78, 5) is 0. The quantitative estimate of drug-likeness (QED) is 0.156. The minimum absolute atomic E-state index is 1.00. The maximum absolute atomic E-state index is 2.60. The molecule has 274 valence electrons. The number of aromatic nitrogens is 2. The monoisotopic (exact) mass is 740 g/mol. The lowest BCUT2D eigenvalue weighted by Gasteiger charge is -2.25. The maximum atomic E-state index is 2.60. The molecule has 2 nitrogen and oxygen atoms in total. The van der Waals surface area contributed by atoms with Crippen molar-refractivity contribution in [2.45, 2.75) is 53.4 Å². The van der Waals surface area contributed by atoms with Crippen molar-refractivity contribution in [2.75, 3.05) is 0 Å². The number of allylic oxidation sites excluding steroid dienone is 6. The van der Waals surface area contributed by atoms with Crippen LogP contribution in [0.15, 0.2) is 109 Å². The van der Waals surface area contributed by atoms with Gasteiger partial charge >= 0.3 is 0 Å². The van der Waals surface area contributed by atoms with Gasteiger partial charge in [-0.2, -0.15) is 0 Å². The molecule has 2 aromatic heterocycles. The number of hydrogen-bond donors (Lipinski definition) is 0. The smallest absolute Gasteiger partial charge is 0.0613 e. The van der Waals surface area contributed by atoms with E-state index in [1.165, 1.54) is 154 Å². The maximum Gasteiger partial charge on any atom is 0.0613 e. The van der Waals surface area contributed by atoms with Crippen molar-refractivity contribution in [3.05, 3.63) is 165 Å². The predicted octanol–water partition coefficient (Wildman–Crippen LogP) is 14.7. The Bertz CT molecular complexity index is 3510. The molecule has 0 N–H and O–H groups in total. The standard InChI is InChI=1S/C56H40N2/c1-29-31(3)57(55-43-23-17-35-9-5-7-33-11-13-39(27-45(29)55)53(43)49(33)35)47-25-19-37-16-22-42-48(26-20-38-15-21-41(47)51(37)52(38)42)58-32(4)30(2)46-28-40-14-12-34-8-6-10-36-18-24-44(56(46)58)54(40)50(34)36/h5-6,9-12,15-28H,7-8,13-14H2,1-4H3. The van der Waals surface area contributed by atoms with Gasteiger partial charge in [-0.3, -0.25) is 0 Å². The van der Waals surface area contributed by atoms with Crippen molar-refractivity contribution in [1.82, 2.24) is 9.13 Å². The molecule has 14 rings (SSSR count). The van der Waals surface area contributed by atoms with Crippen LogP contribution in [0.5, 0.6) is 0 Å². The van der Waals surface area contributed by atoms with Gasteiger partial charge in [0.25, 0.3) is 0 Å². The summed E-state index contributed by atoms with van der Waals surface area (Å²) in [5, 5.41) is 16.3. The van der Waals surface area contributed by atoms with Gasteiger partial charge in [0.1, 0.15) is 0 Å². The molecule has 4 aliphatic carbocycles. The molecule has 58 heavy (non-hydrogen) atoms. The van der Waals surface area contributed by atoms with Gasteiger partial charge in [0.15, 0.2) is 0 Å². The van der Waals surface area contributed by atoms with E-state index in [9.17, 15) is 0 Å². The van der Waals surface area contributed by atoms with Crippen molar-refractivity contribution in [1.29, 1.82) is 0 Å². The van der Waals surface area contributed by atoms with Crippen LogP contribution >= 0.6 is 0 Å². The van der Waals surface area contributed by atoms with Crippen molar-refractivity contribution in [3.63, 3.8) is 0 Å². The first-order chi connectivity index (χ1) is 28.4. The van der Waals surface area contributed by atoms with Crippen LogP contribution < -0.4 is 0 Å². The second-order valence-corrected chi connectivity index (χ2v) is 17.5. The van der Waals surface area contributed by atoms with Gasteiger partial charge in [0, 0.05) is 43.7 Å². The largest absolute Gasteiger partial charge is 0.312 e. The van der Waals surface area contributed by atoms with Crippen LogP contribution in [0.3, 0.4) is 0 Å². The average molecular weight is 741 g/mol. The fourth-order valence-electron chi connectivity index (χ4n) is 12.1. The van der Waals surface area contributed by atoms with E-state index in [1.807, 2.05) is 0 Å². The summed E-state index contributed by atoms with van der Waals surface area (Å²) in [6, 6.07) is 33.6. The molecule has 4 aliphatic rings. The number of hydrogen-bond acceptors (Lipinski definition) is 0. The van der Waals surface area contributed by atoms with E-state index >= 15 is 0 Å². The topological polar surface area (TPSA) is 9.86 Å². The summed E-state index contributed by atoms with van der Waals surface area (Å²) in [5.74, 6) is 0.